The lowest BCUT2D eigenvalue weighted by Gasteiger charge is -2.14. The van der Waals surface area contributed by atoms with Gasteiger partial charge in [-0.25, -0.2) is 12.6 Å². The number of nitrogens with zero attached hydrogens (tertiary/aromatic N) is 2. The van der Waals surface area contributed by atoms with Crippen LogP contribution in [0, 0.1) is 0 Å². The number of hydrogen-bond acceptors (Lipinski definition) is 12. The summed E-state index contributed by atoms with van der Waals surface area (Å²) in [6.45, 7) is -0.812. The Bertz CT molecular complexity index is 1390. The number of nitrogen functional groups attached to an aromatic ring is 1. The van der Waals surface area contributed by atoms with Crippen molar-refractivity contribution in [2.45, 2.75) is 9.79 Å². The van der Waals surface area contributed by atoms with Crippen molar-refractivity contribution in [1.29, 1.82) is 0 Å². The van der Waals surface area contributed by atoms with Crippen LogP contribution < -0.4 is 15.2 Å². The Kier molecular flexibility index (Phi) is 7.99. The van der Waals surface area contributed by atoms with Gasteiger partial charge in [0.2, 0.25) is 0 Å². The summed E-state index contributed by atoms with van der Waals surface area (Å²) in [5.74, 6) is -1.33. The summed E-state index contributed by atoms with van der Waals surface area (Å²) in [6, 6.07) is 6.22. The first-order valence-corrected chi connectivity index (χ1v) is 13.0. The van der Waals surface area contributed by atoms with E-state index < -0.39 is 59.0 Å². The van der Waals surface area contributed by atoms with Crippen LogP contribution in [0.3, 0.4) is 0 Å². The zero-order valence-electron chi connectivity index (χ0n) is 17.1. The highest BCUT2D eigenvalue weighted by atomic mass is 32.3. The third kappa shape index (κ3) is 6.83. The number of azo groups is 1. The zero-order chi connectivity index (χ0) is 25.0. The lowest BCUT2D eigenvalue weighted by molar-refractivity contribution is 0.284. The Balaban J connectivity index is 2.45. The number of nitrogens with two attached hydrogens (primary N) is 1. The van der Waals surface area contributed by atoms with Crippen molar-refractivity contribution in [3.05, 3.63) is 30.3 Å². The Hall–Kier alpha value is -2.83. The molecule has 0 heterocycles. The first-order valence-electron chi connectivity index (χ1n) is 8.58. The van der Waals surface area contributed by atoms with Gasteiger partial charge in [0.1, 0.15) is 11.4 Å². The molecule has 0 unspecified atom stereocenters. The maximum Gasteiger partial charge on any atom is 0.397 e. The summed E-state index contributed by atoms with van der Waals surface area (Å²) >= 11 is 0. The van der Waals surface area contributed by atoms with Crippen LogP contribution in [-0.2, 0) is 34.5 Å². The van der Waals surface area contributed by atoms with Crippen LogP contribution >= 0.6 is 0 Å². The minimum Gasteiger partial charge on any atom is -0.494 e. The molecule has 33 heavy (non-hydrogen) atoms. The Morgan fingerprint density at radius 3 is 2.18 bits per heavy atom. The summed E-state index contributed by atoms with van der Waals surface area (Å²) in [7, 11) is -11.3. The van der Waals surface area contributed by atoms with Gasteiger partial charge in [-0.05, 0) is 18.2 Å². The minimum absolute atomic E-state index is 0.0121. The third-order valence-electron chi connectivity index (χ3n) is 3.93. The fourth-order valence-electron chi connectivity index (χ4n) is 2.53. The molecule has 0 amide bonds. The molecule has 0 atom stereocenters. The molecular weight excluding hydrogens is 506 g/mol. The molecule has 2 aromatic carbocycles. The van der Waals surface area contributed by atoms with Gasteiger partial charge >= 0.3 is 20.5 Å². The van der Waals surface area contributed by atoms with Gasteiger partial charge in [0, 0.05) is 6.07 Å². The lowest BCUT2D eigenvalue weighted by Crippen LogP contribution is -2.15. The maximum atomic E-state index is 12.3. The molecule has 2 rings (SSSR count). The monoisotopic (exact) mass is 525 g/mol. The van der Waals surface area contributed by atoms with Gasteiger partial charge in [-0.1, -0.05) is 6.07 Å². The normalized spacial score (nSPS) is 12.7. The van der Waals surface area contributed by atoms with Crippen LogP contribution in [0.5, 0.6) is 11.5 Å². The molecule has 182 valence electrons. The van der Waals surface area contributed by atoms with Crippen LogP contribution in [0.15, 0.2) is 50.4 Å². The van der Waals surface area contributed by atoms with E-state index in [4.69, 9.17) is 19.8 Å². The van der Waals surface area contributed by atoms with Crippen LogP contribution in [0.2, 0.25) is 0 Å². The fraction of sp³-hybridized carbons (Fsp3) is 0.250. The van der Waals surface area contributed by atoms with E-state index in [1.807, 2.05) is 0 Å². The van der Waals surface area contributed by atoms with E-state index in [1.54, 1.807) is 0 Å². The number of benzene rings is 2. The van der Waals surface area contributed by atoms with Crippen molar-refractivity contribution in [3.8, 4) is 11.5 Å². The van der Waals surface area contributed by atoms with Gasteiger partial charge in [0.15, 0.2) is 20.5 Å². The summed E-state index contributed by atoms with van der Waals surface area (Å²) in [5, 5.41) is 7.69. The van der Waals surface area contributed by atoms with E-state index in [9.17, 15) is 29.8 Å². The molecule has 0 aliphatic heterocycles. The maximum absolute atomic E-state index is 12.3. The largest absolute Gasteiger partial charge is 0.494 e. The summed E-state index contributed by atoms with van der Waals surface area (Å²) in [5.41, 5.74) is 5.11. The predicted octanol–water partition coefficient (Wildman–Crippen LogP) is 1.54. The molecule has 0 saturated carbocycles. The van der Waals surface area contributed by atoms with Crippen molar-refractivity contribution in [2.75, 3.05) is 32.3 Å². The molecule has 0 radical (unpaired) electrons. The van der Waals surface area contributed by atoms with E-state index in [2.05, 4.69) is 14.4 Å². The highest BCUT2D eigenvalue weighted by molar-refractivity contribution is 7.91. The van der Waals surface area contributed by atoms with Crippen LogP contribution in [0.25, 0.3) is 0 Å². The zero-order valence-corrected chi connectivity index (χ0v) is 19.5. The predicted molar refractivity (Wildman–Crippen MR) is 114 cm³/mol. The molecule has 0 aliphatic rings. The van der Waals surface area contributed by atoms with E-state index in [1.165, 1.54) is 31.4 Å². The van der Waals surface area contributed by atoms with E-state index in [-0.39, 0.29) is 22.0 Å². The lowest BCUT2D eigenvalue weighted by atomic mass is 10.2. The van der Waals surface area contributed by atoms with Crippen LogP contribution in [0.1, 0.15) is 0 Å². The molecular formula is C16H19N3O11S3. The van der Waals surface area contributed by atoms with Crippen LogP contribution in [-0.4, -0.2) is 60.9 Å². The summed E-state index contributed by atoms with van der Waals surface area (Å²) in [4.78, 5) is -1.04. The summed E-state index contributed by atoms with van der Waals surface area (Å²) < 4.78 is 101. The van der Waals surface area contributed by atoms with Gasteiger partial charge in [-0.3, -0.25) is 9.11 Å². The minimum atomic E-state index is -4.84. The Morgan fingerprint density at radius 1 is 0.970 bits per heavy atom. The van der Waals surface area contributed by atoms with Gasteiger partial charge in [0.25, 0.3) is 0 Å². The quantitative estimate of drug-likeness (QED) is 0.228. The van der Waals surface area contributed by atoms with Crippen molar-refractivity contribution in [1.82, 2.24) is 0 Å². The average molecular weight is 526 g/mol. The standard InChI is InChI=1S/C16H19N3O11S3/c1-28-13-9-12(15(29-2)16(14(13)17)32(22,23)24)19-18-10-4-3-5-11(8-10)31(20,21)7-6-30-33(25,26)27/h3-5,8-9H,6-7,17H2,1-2H3,(H,22,23,24)(H,25,26,27). The van der Waals surface area contributed by atoms with E-state index in [0.717, 1.165) is 13.2 Å². The number of rotatable bonds is 10. The molecule has 2 aromatic rings. The highest BCUT2D eigenvalue weighted by Crippen LogP contribution is 2.44. The number of sulfone groups is 1. The molecule has 0 bridgehead atoms. The Labute approximate surface area is 189 Å². The molecule has 14 nitrogen and oxygen atoms in total. The molecule has 17 heteroatoms. The molecule has 0 aromatic heterocycles. The van der Waals surface area contributed by atoms with Crippen molar-refractivity contribution < 1.29 is 48.0 Å². The molecule has 0 fully saturated rings. The molecule has 4 N–H and O–H groups in total. The van der Waals surface area contributed by atoms with Crippen molar-refractivity contribution in [3.63, 3.8) is 0 Å². The number of hydrogen-bond donors (Lipinski definition) is 3. The Morgan fingerprint density at radius 2 is 1.64 bits per heavy atom. The second kappa shape index (κ2) is 9.98. The number of anilines is 1. The smallest absolute Gasteiger partial charge is 0.397 e. The first kappa shape index (κ1) is 26.4. The summed E-state index contributed by atoms with van der Waals surface area (Å²) in [6.07, 6.45) is 0. The van der Waals surface area contributed by atoms with Crippen LogP contribution in [0.4, 0.5) is 17.1 Å². The fourth-order valence-corrected chi connectivity index (χ4v) is 4.86. The molecule has 0 saturated heterocycles. The van der Waals surface area contributed by atoms with Gasteiger partial charge in [-0.15, -0.1) is 5.11 Å². The second-order valence-electron chi connectivity index (χ2n) is 6.12. The average Bonchev–Trinajstić information content (AvgIpc) is 2.70. The van der Waals surface area contributed by atoms with Gasteiger partial charge in [-0.2, -0.15) is 21.9 Å². The van der Waals surface area contributed by atoms with E-state index in [0.29, 0.717) is 0 Å². The van der Waals surface area contributed by atoms with Crippen molar-refractivity contribution in [2.24, 2.45) is 10.2 Å². The van der Waals surface area contributed by atoms with Crippen molar-refractivity contribution >= 4 is 47.4 Å². The molecule has 0 aliphatic carbocycles. The number of ether oxygens (including phenoxy) is 2. The first-order chi connectivity index (χ1) is 15.2. The topological polar surface area (TPSA) is 221 Å². The van der Waals surface area contributed by atoms with E-state index >= 15 is 0 Å². The van der Waals surface area contributed by atoms with Gasteiger partial charge < -0.3 is 15.2 Å². The molecule has 0 spiro atoms. The second-order valence-corrected chi connectivity index (χ2v) is 10.7. The van der Waals surface area contributed by atoms with Gasteiger partial charge in [0.05, 0.1) is 42.8 Å². The highest BCUT2D eigenvalue weighted by Gasteiger charge is 2.27. The SMILES string of the molecule is COc1cc(N=Nc2cccc(S(=O)(=O)CCOS(=O)(=O)O)c2)c(OC)c(S(=O)(=O)O)c1N. The third-order valence-corrected chi connectivity index (χ3v) is 7.00. The number of methoxy groups -OCH3 is 2.